The van der Waals surface area contributed by atoms with Crippen LogP contribution in [0.5, 0.6) is 0 Å². The zero-order valence-electron chi connectivity index (χ0n) is 9.54. The fourth-order valence-corrected chi connectivity index (χ4v) is 2.01. The van der Waals surface area contributed by atoms with Crippen molar-refractivity contribution in [1.29, 1.82) is 0 Å². The van der Waals surface area contributed by atoms with Crippen LogP contribution < -0.4 is 5.32 Å². The minimum atomic E-state index is 0.242. The van der Waals surface area contributed by atoms with Crippen molar-refractivity contribution >= 4 is 6.03 Å². The molecule has 0 aromatic rings. The van der Waals surface area contributed by atoms with Crippen molar-refractivity contribution in [2.45, 2.75) is 19.8 Å². The topological polar surface area (TPSA) is 35.6 Å². The standard InChI is InChI=1S/C11H21N3O/c1-2-13(9-10-3-4-10)11(15)14-7-5-12-6-8-14/h10,12H,2-9H2,1H3. The van der Waals surface area contributed by atoms with Gasteiger partial charge in [-0.15, -0.1) is 0 Å². The van der Waals surface area contributed by atoms with Crippen LogP contribution in [0.1, 0.15) is 19.8 Å². The lowest BCUT2D eigenvalue weighted by molar-refractivity contribution is 0.147. The van der Waals surface area contributed by atoms with Gasteiger partial charge in [-0.25, -0.2) is 4.79 Å². The molecule has 1 aliphatic carbocycles. The van der Waals surface area contributed by atoms with Crippen molar-refractivity contribution in [1.82, 2.24) is 15.1 Å². The van der Waals surface area contributed by atoms with Crippen LogP contribution in [-0.4, -0.2) is 55.1 Å². The number of urea groups is 1. The lowest BCUT2D eigenvalue weighted by Gasteiger charge is -2.32. The highest BCUT2D eigenvalue weighted by Gasteiger charge is 2.28. The van der Waals surface area contributed by atoms with E-state index in [1.807, 2.05) is 9.80 Å². The molecular weight excluding hydrogens is 190 g/mol. The second-order valence-electron chi connectivity index (χ2n) is 4.50. The fourth-order valence-electron chi connectivity index (χ4n) is 2.01. The van der Waals surface area contributed by atoms with Crippen LogP contribution in [-0.2, 0) is 0 Å². The normalized spacial score (nSPS) is 21.5. The van der Waals surface area contributed by atoms with E-state index in [0.717, 1.165) is 45.2 Å². The van der Waals surface area contributed by atoms with E-state index >= 15 is 0 Å². The van der Waals surface area contributed by atoms with Crippen LogP contribution >= 0.6 is 0 Å². The zero-order valence-corrected chi connectivity index (χ0v) is 9.54. The lowest BCUT2D eigenvalue weighted by Crippen LogP contribution is -2.51. The molecule has 0 unspecified atom stereocenters. The van der Waals surface area contributed by atoms with Crippen molar-refractivity contribution in [3.63, 3.8) is 0 Å². The van der Waals surface area contributed by atoms with Crippen LogP contribution in [0.4, 0.5) is 4.79 Å². The minimum absolute atomic E-state index is 0.242. The van der Waals surface area contributed by atoms with Crippen molar-refractivity contribution in [3.05, 3.63) is 0 Å². The predicted molar refractivity (Wildman–Crippen MR) is 59.8 cm³/mol. The molecular formula is C11H21N3O. The summed E-state index contributed by atoms with van der Waals surface area (Å²) in [5.41, 5.74) is 0. The first kappa shape index (κ1) is 10.7. The van der Waals surface area contributed by atoms with Gasteiger partial charge >= 0.3 is 6.03 Å². The number of nitrogens with one attached hydrogen (secondary N) is 1. The monoisotopic (exact) mass is 211 g/mol. The SMILES string of the molecule is CCN(CC1CC1)C(=O)N1CCNCC1. The highest BCUT2D eigenvalue weighted by Crippen LogP contribution is 2.29. The average molecular weight is 211 g/mol. The number of hydrogen-bond donors (Lipinski definition) is 1. The molecule has 0 bridgehead atoms. The molecule has 0 aromatic carbocycles. The van der Waals surface area contributed by atoms with Gasteiger partial charge in [0.05, 0.1) is 0 Å². The van der Waals surface area contributed by atoms with Crippen molar-refractivity contribution in [2.75, 3.05) is 39.3 Å². The van der Waals surface area contributed by atoms with Gasteiger partial charge in [0.25, 0.3) is 0 Å². The third kappa shape index (κ3) is 2.84. The van der Waals surface area contributed by atoms with E-state index < -0.39 is 0 Å². The van der Waals surface area contributed by atoms with Gasteiger partial charge in [-0.1, -0.05) is 0 Å². The van der Waals surface area contributed by atoms with Gasteiger partial charge in [-0.2, -0.15) is 0 Å². The Bertz CT molecular complexity index is 222. The minimum Gasteiger partial charge on any atom is -0.325 e. The predicted octanol–water partition coefficient (Wildman–Crippen LogP) is 0.744. The smallest absolute Gasteiger partial charge is 0.320 e. The summed E-state index contributed by atoms with van der Waals surface area (Å²) in [7, 11) is 0. The van der Waals surface area contributed by atoms with Gasteiger partial charge < -0.3 is 15.1 Å². The quantitative estimate of drug-likeness (QED) is 0.747. The van der Waals surface area contributed by atoms with Crippen LogP contribution in [0.3, 0.4) is 0 Å². The maximum absolute atomic E-state index is 12.1. The summed E-state index contributed by atoms with van der Waals surface area (Å²) < 4.78 is 0. The Morgan fingerprint density at radius 2 is 2.07 bits per heavy atom. The van der Waals surface area contributed by atoms with E-state index in [1.165, 1.54) is 12.8 Å². The summed E-state index contributed by atoms with van der Waals surface area (Å²) in [6, 6.07) is 0.242. The largest absolute Gasteiger partial charge is 0.325 e. The molecule has 0 spiro atoms. The molecule has 0 atom stereocenters. The molecule has 2 amide bonds. The Labute approximate surface area is 91.6 Å². The second-order valence-corrected chi connectivity index (χ2v) is 4.50. The number of carbonyl (C=O) groups excluding carboxylic acids is 1. The second kappa shape index (κ2) is 4.84. The first-order valence-electron chi connectivity index (χ1n) is 6.06. The van der Waals surface area contributed by atoms with Gasteiger partial charge in [0.1, 0.15) is 0 Å². The van der Waals surface area contributed by atoms with Gasteiger partial charge in [0.15, 0.2) is 0 Å². The number of nitrogens with zero attached hydrogens (tertiary/aromatic N) is 2. The molecule has 2 rings (SSSR count). The molecule has 1 aliphatic heterocycles. The first-order valence-corrected chi connectivity index (χ1v) is 6.06. The third-order valence-corrected chi connectivity index (χ3v) is 3.22. The molecule has 1 saturated carbocycles. The maximum atomic E-state index is 12.1. The maximum Gasteiger partial charge on any atom is 0.320 e. The molecule has 86 valence electrons. The summed E-state index contributed by atoms with van der Waals surface area (Å²) in [4.78, 5) is 16.1. The van der Waals surface area contributed by atoms with Gasteiger partial charge in [-0.05, 0) is 25.7 Å². The highest BCUT2D eigenvalue weighted by molar-refractivity contribution is 5.74. The van der Waals surface area contributed by atoms with Crippen molar-refractivity contribution in [2.24, 2.45) is 5.92 Å². The molecule has 0 radical (unpaired) electrons. The molecule has 2 aliphatic rings. The van der Waals surface area contributed by atoms with Crippen LogP contribution in [0.2, 0.25) is 0 Å². The molecule has 4 nitrogen and oxygen atoms in total. The molecule has 1 N–H and O–H groups in total. The molecule has 2 fully saturated rings. The van der Waals surface area contributed by atoms with E-state index in [9.17, 15) is 4.79 Å². The Morgan fingerprint density at radius 1 is 1.40 bits per heavy atom. The van der Waals surface area contributed by atoms with Gasteiger partial charge in [-0.3, -0.25) is 0 Å². The van der Waals surface area contributed by atoms with E-state index in [0.29, 0.717) is 0 Å². The summed E-state index contributed by atoms with van der Waals surface area (Å²) in [5, 5.41) is 3.27. The van der Waals surface area contributed by atoms with Gasteiger partial charge in [0, 0.05) is 39.3 Å². The average Bonchev–Trinajstić information content (AvgIpc) is 3.10. The zero-order chi connectivity index (χ0) is 10.7. The summed E-state index contributed by atoms with van der Waals surface area (Å²) in [6.45, 7) is 7.49. The number of amides is 2. The number of piperazine rings is 1. The first-order chi connectivity index (χ1) is 7.31. The third-order valence-electron chi connectivity index (χ3n) is 3.22. The molecule has 15 heavy (non-hydrogen) atoms. The Balaban J connectivity index is 1.84. The summed E-state index contributed by atoms with van der Waals surface area (Å²) in [6.07, 6.45) is 2.62. The molecule has 1 saturated heterocycles. The molecule has 0 aromatic heterocycles. The van der Waals surface area contributed by atoms with Gasteiger partial charge in [0.2, 0.25) is 0 Å². The highest BCUT2D eigenvalue weighted by atomic mass is 16.2. The Morgan fingerprint density at radius 3 is 2.60 bits per heavy atom. The number of rotatable bonds is 3. The van der Waals surface area contributed by atoms with Crippen LogP contribution in [0.25, 0.3) is 0 Å². The summed E-state index contributed by atoms with van der Waals surface area (Å²) in [5.74, 6) is 0.789. The van der Waals surface area contributed by atoms with Crippen molar-refractivity contribution < 1.29 is 4.79 Å². The van der Waals surface area contributed by atoms with E-state index in [-0.39, 0.29) is 6.03 Å². The molecule has 4 heteroatoms. The summed E-state index contributed by atoms with van der Waals surface area (Å²) >= 11 is 0. The van der Waals surface area contributed by atoms with Crippen molar-refractivity contribution in [3.8, 4) is 0 Å². The Hall–Kier alpha value is -0.770. The number of carbonyl (C=O) groups is 1. The van der Waals surface area contributed by atoms with E-state index in [2.05, 4.69) is 12.2 Å². The van der Waals surface area contributed by atoms with E-state index in [1.54, 1.807) is 0 Å². The fraction of sp³-hybridized carbons (Fsp3) is 0.909. The number of hydrogen-bond acceptors (Lipinski definition) is 2. The molecule has 1 heterocycles. The lowest BCUT2D eigenvalue weighted by atomic mass is 10.3. The van der Waals surface area contributed by atoms with E-state index in [4.69, 9.17) is 0 Å². The Kier molecular flexibility index (Phi) is 3.46. The van der Waals surface area contributed by atoms with Crippen LogP contribution in [0, 0.1) is 5.92 Å². The van der Waals surface area contributed by atoms with Crippen LogP contribution in [0.15, 0.2) is 0 Å².